The van der Waals surface area contributed by atoms with Crippen LogP contribution in [0.3, 0.4) is 0 Å². The number of carboxylic acid groups (broad SMARTS) is 1. The minimum absolute atomic E-state index is 0.216. The van der Waals surface area contributed by atoms with Gasteiger partial charge in [0.2, 0.25) is 0 Å². The van der Waals surface area contributed by atoms with Gasteiger partial charge in [0.25, 0.3) is 0 Å². The molecule has 0 aliphatic carbocycles. The monoisotopic (exact) mass is 254 g/mol. The number of ether oxygens (including phenoxy) is 1. The Labute approximate surface area is 104 Å². The zero-order chi connectivity index (χ0) is 12.7. The highest BCUT2D eigenvalue weighted by Gasteiger charge is 2.14. The van der Waals surface area contributed by atoms with Gasteiger partial charge in [0.05, 0.1) is 5.92 Å². The van der Waals surface area contributed by atoms with Crippen molar-refractivity contribution in [2.75, 3.05) is 5.75 Å². The van der Waals surface area contributed by atoms with E-state index in [1.807, 2.05) is 30.3 Å². The Bertz CT molecular complexity index is 377. The second-order valence-corrected chi connectivity index (χ2v) is 4.53. The Morgan fingerprint density at radius 2 is 2.00 bits per heavy atom. The summed E-state index contributed by atoms with van der Waals surface area (Å²) in [5.41, 5.74) is 0.910. The van der Waals surface area contributed by atoms with E-state index in [1.54, 1.807) is 6.92 Å². The van der Waals surface area contributed by atoms with Gasteiger partial charge in [-0.2, -0.15) is 0 Å². The van der Waals surface area contributed by atoms with Crippen LogP contribution in [-0.2, 0) is 16.1 Å². The van der Waals surface area contributed by atoms with E-state index in [4.69, 9.17) is 9.84 Å². The number of carboxylic acids is 1. The van der Waals surface area contributed by atoms with Crippen LogP contribution in [0.2, 0.25) is 0 Å². The molecule has 17 heavy (non-hydrogen) atoms. The summed E-state index contributed by atoms with van der Waals surface area (Å²) >= 11 is 0.890. The molecule has 0 radical (unpaired) electrons. The lowest BCUT2D eigenvalue weighted by molar-refractivity contribution is -0.140. The molecular weight excluding hydrogens is 240 g/mol. The van der Waals surface area contributed by atoms with E-state index in [0.29, 0.717) is 0 Å². The molecule has 1 aromatic rings. The summed E-state index contributed by atoms with van der Waals surface area (Å²) in [6.07, 6.45) is 0. The van der Waals surface area contributed by atoms with Crippen LogP contribution in [-0.4, -0.2) is 22.1 Å². The van der Waals surface area contributed by atoms with Crippen molar-refractivity contribution >= 4 is 23.0 Å². The van der Waals surface area contributed by atoms with E-state index in [1.165, 1.54) is 0 Å². The molecule has 0 saturated carbocycles. The first-order valence-electron chi connectivity index (χ1n) is 5.16. The van der Waals surface area contributed by atoms with Crippen LogP contribution in [0.5, 0.6) is 0 Å². The average Bonchev–Trinajstić information content (AvgIpc) is 2.34. The average molecular weight is 254 g/mol. The van der Waals surface area contributed by atoms with Gasteiger partial charge in [-0.15, -0.1) is 0 Å². The standard InChI is InChI=1S/C12H14O4S/c1-9(11(13)14)8-17-12(15)16-7-10-5-3-2-4-6-10/h2-6,9H,7-8H2,1H3,(H,13,14). The zero-order valence-electron chi connectivity index (χ0n) is 9.46. The Morgan fingerprint density at radius 1 is 1.35 bits per heavy atom. The molecule has 0 aliphatic heterocycles. The Kier molecular flexibility index (Phi) is 5.56. The molecule has 1 unspecified atom stereocenters. The first kappa shape index (κ1) is 13.6. The molecule has 5 heteroatoms. The van der Waals surface area contributed by atoms with Crippen LogP contribution in [0.25, 0.3) is 0 Å². The van der Waals surface area contributed by atoms with Gasteiger partial charge in [0, 0.05) is 5.75 Å². The molecule has 0 bridgehead atoms. The van der Waals surface area contributed by atoms with E-state index in [2.05, 4.69) is 0 Å². The first-order valence-corrected chi connectivity index (χ1v) is 6.14. The van der Waals surface area contributed by atoms with Crippen LogP contribution in [0.4, 0.5) is 4.79 Å². The third-order valence-corrected chi connectivity index (χ3v) is 3.09. The van der Waals surface area contributed by atoms with Crippen molar-refractivity contribution < 1.29 is 19.4 Å². The molecule has 0 amide bonds. The Hall–Kier alpha value is -1.49. The number of hydrogen-bond donors (Lipinski definition) is 1. The number of thioether (sulfide) groups is 1. The van der Waals surface area contributed by atoms with E-state index in [9.17, 15) is 9.59 Å². The first-order chi connectivity index (χ1) is 8.09. The Morgan fingerprint density at radius 3 is 2.59 bits per heavy atom. The zero-order valence-corrected chi connectivity index (χ0v) is 10.3. The minimum Gasteiger partial charge on any atom is -0.481 e. The summed E-state index contributed by atoms with van der Waals surface area (Å²) in [6, 6.07) is 9.33. The summed E-state index contributed by atoms with van der Waals surface area (Å²) in [7, 11) is 0. The van der Waals surface area contributed by atoms with Crippen LogP contribution >= 0.6 is 11.8 Å². The minimum atomic E-state index is -0.909. The van der Waals surface area contributed by atoms with Crippen LogP contribution in [0.1, 0.15) is 12.5 Å². The molecule has 1 N–H and O–H groups in total. The van der Waals surface area contributed by atoms with Gasteiger partial charge in [0.15, 0.2) is 0 Å². The molecule has 0 aliphatic rings. The number of carbonyl (C=O) groups excluding carboxylic acids is 1. The topological polar surface area (TPSA) is 63.6 Å². The molecule has 1 atom stereocenters. The summed E-state index contributed by atoms with van der Waals surface area (Å²) in [4.78, 5) is 21.8. The lowest BCUT2D eigenvalue weighted by atomic mass is 10.2. The number of hydrogen-bond acceptors (Lipinski definition) is 4. The lowest BCUT2D eigenvalue weighted by Gasteiger charge is -2.06. The smallest absolute Gasteiger partial charge is 0.367 e. The molecular formula is C12H14O4S. The molecule has 0 heterocycles. The van der Waals surface area contributed by atoms with E-state index < -0.39 is 17.2 Å². The maximum Gasteiger partial charge on any atom is 0.367 e. The molecule has 4 nitrogen and oxygen atoms in total. The van der Waals surface area contributed by atoms with Crippen molar-refractivity contribution in [1.29, 1.82) is 0 Å². The third kappa shape index (κ3) is 5.40. The summed E-state index contributed by atoms with van der Waals surface area (Å²) in [6.45, 7) is 1.77. The van der Waals surface area contributed by atoms with Gasteiger partial charge in [-0.1, -0.05) is 37.3 Å². The molecule has 92 valence electrons. The van der Waals surface area contributed by atoms with Crippen molar-refractivity contribution in [3.8, 4) is 0 Å². The van der Waals surface area contributed by atoms with Crippen molar-refractivity contribution in [3.63, 3.8) is 0 Å². The van der Waals surface area contributed by atoms with Crippen LogP contribution in [0.15, 0.2) is 30.3 Å². The van der Waals surface area contributed by atoms with Crippen molar-refractivity contribution in [2.24, 2.45) is 5.92 Å². The SMILES string of the molecule is CC(CSC(=O)OCc1ccccc1)C(=O)O. The highest BCUT2D eigenvalue weighted by molar-refractivity contribution is 8.13. The van der Waals surface area contributed by atoms with Crippen molar-refractivity contribution in [1.82, 2.24) is 0 Å². The van der Waals surface area contributed by atoms with Gasteiger partial charge >= 0.3 is 11.3 Å². The van der Waals surface area contributed by atoms with E-state index >= 15 is 0 Å². The second-order valence-electron chi connectivity index (χ2n) is 3.57. The third-order valence-electron chi connectivity index (χ3n) is 2.07. The lowest BCUT2D eigenvalue weighted by Crippen LogP contribution is -2.13. The van der Waals surface area contributed by atoms with Gasteiger partial charge in [-0.3, -0.25) is 4.79 Å². The van der Waals surface area contributed by atoms with E-state index in [-0.39, 0.29) is 12.4 Å². The normalized spacial score (nSPS) is 11.8. The fourth-order valence-electron chi connectivity index (χ4n) is 1.02. The molecule has 0 saturated heterocycles. The number of carbonyl (C=O) groups is 2. The maximum atomic E-state index is 11.3. The van der Waals surface area contributed by atoms with Gasteiger partial charge in [-0.25, -0.2) is 4.79 Å². The summed E-state index contributed by atoms with van der Waals surface area (Å²) in [5, 5.41) is 8.19. The van der Waals surface area contributed by atoms with E-state index in [0.717, 1.165) is 17.3 Å². The van der Waals surface area contributed by atoms with Crippen molar-refractivity contribution in [2.45, 2.75) is 13.5 Å². The molecule has 0 aromatic heterocycles. The van der Waals surface area contributed by atoms with Gasteiger partial charge in [0.1, 0.15) is 6.61 Å². The predicted octanol–water partition coefficient (Wildman–Crippen LogP) is 2.78. The number of benzene rings is 1. The fraction of sp³-hybridized carbons (Fsp3) is 0.333. The highest BCUT2D eigenvalue weighted by atomic mass is 32.2. The maximum absolute atomic E-state index is 11.3. The quantitative estimate of drug-likeness (QED) is 0.818. The Balaban J connectivity index is 2.24. The molecule has 0 fully saturated rings. The second kappa shape index (κ2) is 6.96. The predicted molar refractivity (Wildman–Crippen MR) is 65.9 cm³/mol. The largest absolute Gasteiger partial charge is 0.481 e. The molecule has 0 spiro atoms. The van der Waals surface area contributed by atoms with Gasteiger partial charge in [-0.05, 0) is 17.3 Å². The molecule has 1 aromatic carbocycles. The number of aliphatic carboxylic acids is 1. The van der Waals surface area contributed by atoms with Crippen LogP contribution < -0.4 is 0 Å². The summed E-state index contributed by atoms with van der Waals surface area (Å²) in [5.74, 6) is -1.24. The molecule has 1 rings (SSSR count). The highest BCUT2D eigenvalue weighted by Crippen LogP contribution is 2.13. The number of rotatable bonds is 5. The van der Waals surface area contributed by atoms with Crippen LogP contribution in [0, 0.1) is 5.92 Å². The van der Waals surface area contributed by atoms with Gasteiger partial charge < -0.3 is 9.84 Å². The summed E-state index contributed by atoms with van der Waals surface area (Å²) < 4.78 is 4.99. The van der Waals surface area contributed by atoms with Crippen molar-refractivity contribution in [3.05, 3.63) is 35.9 Å². The fourth-order valence-corrected chi connectivity index (χ4v) is 1.69.